The van der Waals surface area contributed by atoms with Crippen LogP contribution in [0.1, 0.15) is 5.56 Å². The van der Waals surface area contributed by atoms with Gasteiger partial charge in [-0.1, -0.05) is 34.1 Å². The molecule has 0 saturated heterocycles. The van der Waals surface area contributed by atoms with E-state index in [9.17, 15) is 8.78 Å². The molecule has 0 radical (unpaired) electrons. The standard InChI is InChI=1S/C12H8BrF2N/c13-7-8-5-6-11(16-12(8)15)9-3-1-2-4-10(9)14/h1-6H,7H2. The number of aromatic nitrogens is 1. The first kappa shape index (κ1) is 11.2. The summed E-state index contributed by atoms with van der Waals surface area (Å²) in [7, 11) is 0. The lowest BCUT2D eigenvalue weighted by molar-refractivity contribution is 0.574. The van der Waals surface area contributed by atoms with Gasteiger partial charge in [-0.05, 0) is 18.2 Å². The molecule has 1 aromatic carbocycles. The van der Waals surface area contributed by atoms with Crippen molar-refractivity contribution >= 4 is 15.9 Å². The van der Waals surface area contributed by atoms with E-state index in [-0.39, 0.29) is 0 Å². The van der Waals surface area contributed by atoms with Crippen LogP contribution in [0.3, 0.4) is 0 Å². The molecular formula is C12H8BrF2N. The van der Waals surface area contributed by atoms with E-state index in [1.54, 1.807) is 30.3 Å². The van der Waals surface area contributed by atoms with Gasteiger partial charge < -0.3 is 0 Å². The van der Waals surface area contributed by atoms with Gasteiger partial charge in [-0.2, -0.15) is 4.39 Å². The largest absolute Gasteiger partial charge is 0.219 e. The van der Waals surface area contributed by atoms with Gasteiger partial charge in [0.1, 0.15) is 5.82 Å². The van der Waals surface area contributed by atoms with Crippen LogP contribution in [0.4, 0.5) is 8.78 Å². The van der Waals surface area contributed by atoms with Gasteiger partial charge in [-0.3, -0.25) is 0 Å². The molecule has 4 heteroatoms. The Morgan fingerprint density at radius 2 is 1.81 bits per heavy atom. The molecule has 0 aliphatic carbocycles. The molecule has 0 spiro atoms. The molecule has 0 amide bonds. The summed E-state index contributed by atoms with van der Waals surface area (Å²) in [5, 5.41) is 0.392. The first-order chi connectivity index (χ1) is 7.72. The Labute approximate surface area is 100 Å². The van der Waals surface area contributed by atoms with Crippen LogP contribution >= 0.6 is 15.9 Å². The molecule has 0 saturated carbocycles. The second-order valence-electron chi connectivity index (χ2n) is 3.26. The van der Waals surface area contributed by atoms with E-state index in [0.29, 0.717) is 22.2 Å². The van der Waals surface area contributed by atoms with E-state index in [0.717, 1.165) is 0 Å². The summed E-state index contributed by atoms with van der Waals surface area (Å²) >= 11 is 3.15. The number of rotatable bonds is 2. The molecule has 0 fully saturated rings. The highest BCUT2D eigenvalue weighted by atomic mass is 79.9. The number of alkyl halides is 1. The molecule has 2 rings (SSSR count). The molecule has 1 nitrogen and oxygen atoms in total. The maximum Gasteiger partial charge on any atom is 0.217 e. The minimum Gasteiger partial charge on any atom is -0.219 e. The van der Waals surface area contributed by atoms with Gasteiger partial charge in [0.05, 0.1) is 5.69 Å². The van der Waals surface area contributed by atoms with Crippen molar-refractivity contribution in [1.82, 2.24) is 4.98 Å². The van der Waals surface area contributed by atoms with E-state index >= 15 is 0 Å². The lowest BCUT2D eigenvalue weighted by Crippen LogP contribution is -1.94. The van der Waals surface area contributed by atoms with Gasteiger partial charge in [-0.25, -0.2) is 9.37 Å². The predicted molar refractivity (Wildman–Crippen MR) is 62.2 cm³/mol. The van der Waals surface area contributed by atoms with Crippen LogP contribution in [0.5, 0.6) is 0 Å². The Kier molecular flexibility index (Phi) is 3.29. The summed E-state index contributed by atoms with van der Waals surface area (Å²) in [6.45, 7) is 0. The fourth-order valence-electron chi connectivity index (χ4n) is 1.38. The zero-order valence-corrected chi connectivity index (χ0v) is 9.84. The predicted octanol–water partition coefficient (Wildman–Crippen LogP) is 3.92. The Hall–Kier alpha value is -1.29. The Morgan fingerprint density at radius 1 is 1.06 bits per heavy atom. The van der Waals surface area contributed by atoms with Crippen molar-refractivity contribution in [1.29, 1.82) is 0 Å². The molecule has 0 unspecified atom stereocenters. The molecular weight excluding hydrogens is 276 g/mol. The van der Waals surface area contributed by atoms with Crippen LogP contribution in [0.25, 0.3) is 11.3 Å². The minimum absolute atomic E-state index is 0.306. The van der Waals surface area contributed by atoms with Crippen molar-refractivity contribution in [2.45, 2.75) is 5.33 Å². The van der Waals surface area contributed by atoms with Crippen LogP contribution < -0.4 is 0 Å². The zero-order valence-electron chi connectivity index (χ0n) is 8.25. The molecule has 1 aromatic heterocycles. The van der Waals surface area contributed by atoms with Crippen LogP contribution in [-0.2, 0) is 5.33 Å². The molecule has 16 heavy (non-hydrogen) atoms. The summed E-state index contributed by atoms with van der Waals surface area (Å²) in [6, 6.07) is 9.38. The molecule has 1 heterocycles. The van der Waals surface area contributed by atoms with E-state index < -0.39 is 11.8 Å². The van der Waals surface area contributed by atoms with E-state index in [4.69, 9.17) is 0 Å². The average molecular weight is 284 g/mol. The van der Waals surface area contributed by atoms with E-state index in [1.165, 1.54) is 6.07 Å². The number of halogens is 3. The SMILES string of the molecule is Fc1ccccc1-c1ccc(CBr)c(F)n1. The van der Waals surface area contributed by atoms with Crippen molar-refractivity contribution in [2.24, 2.45) is 0 Å². The van der Waals surface area contributed by atoms with E-state index in [1.807, 2.05) is 0 Å². The lowest BCUT2D eigenvalue weighted by atomic mass is 10.1. The maximum absolute atomic E-state index is 13.4. The number of pyridine rings is 1. The number of benzene rings is 1. The Balaban J connectivity index is 2.50. The van der Waals surface area contributed by atoms with Gasteiger partial charge in [0.15, 0.2) is 0 Å². The Morgan fingerprint density at radius 3 is 2.44 bits per heavy atom. The van der Waals surface area contributed by atoms with Crippen LogP contribution in [0.15, 0.2) is 36.4 Å². The summed E-state index contributed by atoms with van der Waals surface area (Å²) < 4.78 is 26.8. The lowest BCUT2D eigenvalue weighted by Gasteiger charge is -2.04. The second kappa shape index (κ2) is 4.70. The zero-order chi connectivity index (χ0) is 11.5. The van der Waals surface area contributed by atoms with E-state index in [2.05, 4.69) is 20.9 Å². The summed E-state index contributed by atoms with van der Waals surface area (Å²) in [5.41, 5.74) is 1.07. The molecule has 82 valence electrons. The monoisotopic (exact) mass is 283 g/mol. The molecule has 2 aromatic rings. The topological polar surface area (TPSA) is 12.9 Å². The molecule has 0 aliphatic heterocycles. The van der Waals surface area contributed by atoms with Crippen molar-refractivity contribution in [2.75, 3.05) is 0 Å². The second-order valence-corrected chi connectivity index (χ2v) is 3.82. The highest BCUT2D eigenvalue weighted by molar-refractivity contribution is 9.08. The fourth-order valence-corrected chi connectivity index (χ4v) is 1.80. The summed E-state index contributed by atoms with van der Waals surface area (Å²) in [6.07, 6.45) is 0. The fraction of sp³-hybridized carbons (Fsp3) is 0.0833. The van der Waals surface area contributed by atoms with Gasteiger partial charge >= 0.3 is 0 Å². The maximum atomic E-state index is 13.4. The van der Waals surface area contributed by atoms with Gasteiger partial charge in [0.2, 0.25) is 5.95 Å². The van der Waals surface area contributed by atoms with Crippen LogP contribution in [-0.4, -0.2) is 4.98 Å². The first-order valence-electron chi connectivity index (χ1n) is 4.68. The normalized spacial score (nSPS) is 10.4. The molecule has 0 N–H and O–H groups in total. The molecule has 0 atom stereocenters. The van der Waals surface area contributed by atoms with Gasteiger partial charge in [0, 0.05) is 16.5 Å². The average Bonchev–Trinajstić information content (AvgIpc) is 2.29. The number of hydrogen-bond acceptors (Lipinski definition) is 1. The smallest absolute Gasteiger partial charge is 0.217 e. The number of hydrogen-bond donors (Lipinski definition) is 0. The third-order valence-electron chi connectivity index (χ3n) is 2.22. The number of nitrogens with zero attached hydrogens (tertiary/aromatic N) is 1. The van der Waals surface area contributed by atoms with Crippen LogP contribution in [0.2, 0.25) is 0 Å². The van der Waals surface area contributed by atoms with Crippen molar-refractivity contribution in [3.05, 3.63) is 53.7 Å². The Bertz CT molecular complexity index is 514. The quantitative estimate of drug-likeness (QED) is 0.601. The van der Waals surface area contributed by atoms with Gasteiger partial charge in [0.25, 0.3) is 0 Å². The first-order valence-corrected chi connectivity index (χ1v) is 5.81. The highest BCUT2D eigenvalue weighted by Gasteiger charge is 2.08. The summed E-state index contributed by atoms with van der Waals surface area (Å²) in [5.74, 6) is -0.973. The third-order valence-corrected chi connectivity index (χ3v) is 2.82. The van der Waals surface area contributed by atoms with Crippen molar-refractivity contribution in [3.8, 4) is 11.3 Å². The van der Waals surface area contributed by atoms with Crippen molar-refractivity contribution < 1.29 is 8.78 Å². The third kappa shape index (κ3) is 2.11. The minimum atomic E-state index is -0.572. The molecule has 0 aliphatic rings. The van der Waals surface area contributed by atoms with Crippen LogP contribution in [0, 0.1) is 11.8 Å². The van der Waals surface area contributed by atoms with Crippen molar-refractivity contribution in [3.63, 3.8) is 0 Å². The summed E-state index contributed by atoms with van der Waals surface area (Å²) in [4.78, 5) is 3.74. The highest BCUT2D eigenvalue weighted by Crippen LogP contribution is 2.22. The molecule has 0 bridgehead atoms. The van der Waals surface area contributed by atoms with Gasteiger partial charge in [-0.15, -0.1) is 0 Å².